The van der Waals surface area contributed by atoms with Crippen LogP contribution in [0.15, 0.2) is 18.6 Å². The lowest BCUT2D eigenvalue weighted by atomic mass is 9.75. The van der Waals surface area contributed by atoms with Crippen LogP contribution in [0, 0.1) is 11.1 Å². The first-order valence-electron chi connectivity index (χ1n) is 11.0. The molecule has 0 radical (unpaired) electrons. The fourth-order valence-corrected chi connectivity index (χ4v) is 5.25. The Labute approximate surface area is 176 Å². The number of carbonyl (C=O) groups is 1. The van der Waals surface area contributed by atoms with Crippen molar-refractivity contribution in [2.45, 2.75) is 76.7 Å². The average molecular weight is 414 g/mol. The second kappa shape index (κ2) is 8.17. The number of carbonyl (C=O) groups excluding carboxylic acids is 1. The molecule has 8 heteroatoms. The average Bonchev–Trinajstić information content (AvgIpc) is 3.40. The Morgan fingerprint density at radius 3 is 2.67 bits per heavy atom. The summed E-state index contributed by atoms with van der Waals surface area (Å²) in [5.74, 6) is 0.695. The van der Waals surface area contributed by atoms with E-state index in [1.165, 1.54) is 0 Å². The first-order valence-corrected chi connectivity index (χ1v) is 11.0. The van der Waals surface area contributed by atoms with E-state index in [2.05, 4.69) is 35.8 Å². The molecule has 4 rings (SSSR count). The molecule has 30 heavy (non-hydrogen) atoms. The lowest BCUT2D eigenvalue weighted by Crippen LogP contribution is -3.19. The minimum absolute atomic E-state index is 0.126. The number of amides is 1. The minimum Gasteiger partial charge on any atom is -0.626 e. The molecule has 0 saturated heterocycles. The van der Waals surface area contributed by atoms with Crippen molar-refractivity contribution in [2.24, 2.45) is 5.92 Å². The molecule has 162 valence electrons. The number of rotatable bonds is 5. The molecule has 3 atom stereocenters. The predicted octanol–water partition coefficient (Wildman–Crippen LogP) is 2.13. The van der Waals surface area contributed by atoms with E-state index in [-0.39, 0.29) is 24.1 Å². The third-order valence-corrected chi connectivity index (χ3v) is 7.05. The van der Waals surface area contributed by atoms with Crippen LogP contribution in [0.4, 0.5) is 0 Å². The van der Waals surface area contributed by atoms with Crippen molar-refractivity contribution in [1.82, 2.24) is 19.7 Å². The van der Waals surface area contributed by atoms with Crippen LogP contribution in [0.5, 0.6) is 0 Å². The Bertz CT molecular complexity index is 905. The maximum atomic E-state index is 13.5. The van der Waals surface area contributed by atoms with Crippen molar-refractivity contribution in [3.63, 3.8) is 0 Å². The lowest BCUT2D eigenvalue weighted by Gasteiger charge is -2.37. The highest BCUT2D eigenvalue weighted by Gasteiger charge is 2.46. The zero-order valence-corrected chi connectivity index (χ0v) is 18.0. The van der Waals surface area contributed by atoms with Crippen molar-refractivity contribution >= 4 is 5.91 Å². The summed E-state index contributed by atoms with van der Waals surface area (Å²) >= 11 is 0. The molecule has 8 nitrogen and oxygen atoms in total. The van der Waals surface area contributed by atoms with Gasteiger partial charge in [-0.1, -0.05) is 20.8 Å². The van der Waals surface area contributed by atoms with Crippen molar-refractivity contribution in [3.05, 3.63) is 40.7 Å². The summed E-state index contributed by atoms with van der Waals surface area (Å²) in [6, 6.07) is 0. The Hall–Kier alpha value is -2.16. The number of hydrogen-bond donors (Lipinski definition) is 2. The normalized spacial score (nSPS) is 24.1. The molecule has 0 aromatic carbocycles. The summed E-state index contributed by atoms with van der Waals surface area (Å²) in [6.07, 6.45) is 9.62. The van der Waals surface area contributed by atoms with Gasteiger partial charge >= 0.3 is 5.91 Å². The Kier molecular flexibility index (Phi) is 5.74. The molecule has 2 unspecified atom stereocenters. The maximum absolute atomic E-state index is 13.5. The monoisotopic (exact) mass is 413 g/mol. The van der Waals surface area contributed by atoms with E-state index in [0.717, 1.165) is 36.9 Å². The number of aromatic nitrogens is 4. The van der Waals surface area contributed by atoms with Crippen molar-refractivity contribution < 1.29 is 15.0 Å². The molecule has 2 aromatic heterocycles. The summed E-state index contributed by atoms with van der Waals surface area (Å²) in [6.45, 7) is 6.15. The second-order valence-electron chi connectivity index (χ2n) is 9.26. The number of nitrogens with zero attached hydrogens (tertiary/aromatic N) is 4. The molecule has 0 aliphatic heterocycles. The van der Waals surface area contributed by atoms with Gasteiger partial charge in [0.2, 0.25) is 0 Å². The van der Waals surface area contributed by atoms with E-state index in [1.807, 2.05) is 0 Å². The Morgan fingerprint density at radius 1 is 1.33 bits per heavy atom. The highest BCUT2D eigenvalue weighted by molar-refractivity contribution is 5.88. The van der Waals surface area contributed by atoms with E-state index in [0.29, 0.717) is 24.6 Å². The number of hydrogen-bond acceptors (Lipinski definition) is 6. The standard InChI is InChI=1S/C22H31N5O3/c1-14(2)16-7-6-15(3)18-19(21(29)27(30)22(13-28)8-4-5-9-22)25-26(20(16)18)17-12-23-10-11-24-17/h10-12,14-16,27-28H,4-9,13H2,1-3H3/t15-,16?/m1/s1. The van der Waals surface area contributed by atoms with Gasteiger partial charge in [-0.2, -0.15) is 5.10 Å². The number of aliphatic hydroxyl groups is 1. The van der Waals surface area contributed by atoms with Gasteiger partial charge in [-0.05, 0) is 37.5 Å². The number of fused-ring (bicyclic) bond motifs is 1. The molecule has 2 aliphatic carbocycles. The summed E-state index contributed by atoms with van der Waals surface area (Å²) in [4.78, 5) is 22.0. The van der Waals surface area contributed by atoms with Crippen molar-refractivity contribution in [2.75, 3.05) is 6.61 Å². The van der Waals surface area contributed by atoms with Gasteiger partial charge in [-0.15, -0.1) is 0 Å². The van der Waals surface area contributed by atoms with Crippen LogP contribution < -0.4 is 5.06 Å². The smallest absolute Gasteiger partial charge is 0.365 e. The summed E-state index contributed by atoms with van der Waals surface area (Å²) < 4.78 is 1.73. The van der Waals surface area contributed by atoms with Crippen LogP contribution in [0.25, 0.3) is 5.82 Å². The van der Waals surface area contributed by atoms with Crippen LogP contribution in [-0.4, -0.2) is 42.9 Å². The van der Waals surface area contributed by atoms with Crippen LogP contribution in [0.3, 0.4) is 0 Å². The fraction of sp³-hybridized carbons (Fsp3) is 0.636. The highest BCUT2D eigenvalue weighted by Crippen LogP contribution is 2.44. The van der Waals surface area contributed by atoms with Crippen LogP contribution in [-0.2, 0) is 0 Å². The first kappa shape index (κ1) is 21.1. The van der Waals surface area contributed by atoms with Crippen LogP contribution in [0.1, 0.15) is 92.9 Å². The van der Waals surface area contributed by atoms with Crippen molar-refractivity contribution in [3.8, 4) is 5.82 Å². The Morgan fingerprint density at radius 2 is 2.07 bits per heavy atom. The molecular formula is C22H31N5O3. The minimum atomic E-state index is -0.949. The van der Waals surface area contributed by atoms with Gasteiger partial charge in [-0.3, -0.25) is 10.0 Å². The zero-order valence-electron chi connectivity index (χ0n) is 18.0. The molecule has 1 saturated carbocycles. The van der Waals surface area contributed by atoms with Gasteiger partial charge in [0, 0.05) is 36.7 Å². The van der Waals surface area contributed by atoms with Gasteiger partial charge in [0.05, 0.1) is 18.5 Å². The van der Waals surface area contributed by atoms with Gasteiger partial charge in [-0.25, -0.2) is 14.5 Å². The van der Waals surface area contributed by atoms with E-state index in [4.69, 9.17) is 0 Å². The maximum Gasteiger partial charge on any atom is 0.365 e. The topological polar surface area (TPSA) is 108 Å². The number of hydroxylamine groups is 2. The fourth-order valence-electron chi connectivity index (χ4n) is 5.25. The Balaban J connectivity index is 1.86. The number of aliphatic hydroxyl groups excluding tert-OH is 1. The van der Waals surface area contributed by atoms with Gasteiger partial charge in [0.15, 0.2) is 11.5 Å². The third-order valence-electron chi connectivity index (χ3n) is 7.05. The molecule has 2 aliphatic rings. The van der Waals surface area contributed by atoms with Crippen LogP contribution >= 0.6 is 0 Å². The molecule has 1 amide bonds. The molecule has 0 spiro atoms. The van der Waals surface area contributed by atoms with E-state index in [1.54, 1.807) is 23.3 Å². The van der Waals surface area contributed by atoms with Gasteiger partial charge < -0.3 is 10.3 Å². The van der Waals surface area contributed by atoms with Gasteiger partial charge in [0.1, 0.15) is 5.54 Å². The quantitative estimate of drug-likeness (QED) is 0.727. The third kappa shape index (κ3) is 3.36. The first-order chi connectivity index (χ1) is 14.4. The second-order valence-corrected chi connectivity index (χ2v) is 9.26. The summed E-state index contributed by atoms with van der Waals surface area (Å²) in [5, 5.41) is 27.4. The summed E-state index contributed by atoms with van der Waals surface area (Å²) in [5.41, 5.74) is 1.13. The van der Waals surface area contributed by atoms with E-state index in [9.17, 15) is 15.1 Å². The van der Waals surface area contributed by atoms with Gasteiger partial charge in [0.25, 0.3) is 0 Å². The van der Waals surface area contributed by atoms with E-state index < -0.39 is 16.5 Å². The molecular weight excluding hydrogens is 382 g/mol. The number of nitrogens with one attached hydrogen (secondary N) is 1. The summed E-state index contributed by atoms with van der Waals surface area (Å²) in [7, 11) is 0. The molecule has 0 bridgehead atoms. The van der Waals surface area contributed by atoms with E-state index >= 15 is 0 Å². The highest BCUT2D eigenvalue weighted by atomic mass is 16.5. The molecule has 2 heterocycles. The van der Waals surface area contributed by atoms with Crippen molar-refractivity contribution in [1.29, 1.82) is 0 Å². The van der Waals surface area contributed by atoms with Crippen LogP contribution in [0.2, 0.25) is 0 Å². The lowest BCUT2D eigenvalue weighted by molar-refractivity contribution is -0.823. The largest absolute Gasteiger partial charge is 0.626 e. The number of quaternary nitrogens is 1. The SMILES string of the molecule is CC(C)C1CC[C@@H](C)c2c(C(=O)[NH+]([O-])C3(CO)CCCC3)nn(-c3cnccn3)c21. The molecule has 2 N–H and O–H groups in total. The zero-order chi connectivity index (χ0) is 21.5. The molecule has 2 aromatic rings. The predicted molar refractivity (Wildman–Crippen MR) is 111 cm³/mol. The molecule has 1 fully saturated rings.